The third-order valence-electron chi connectivity index (χ3n) is 4.24. The van der Waals surface area contributed by atoms with Crippen LogP contribution in [0.2, 0.25) is 0 Å². The molecule has 1 unspecified atom stereocenters. The molecule has 1 N–H and O–H groups in total. The topological polar surface area (TPSA) is 58.4 Å². The number of rotatable bonds is 4. The third kappa shape index (κ3) is 3.15. The summed E-state index contributed by atoms with van der Waals surface area (Å²) < 4.78 is 1.80. The molecule has 106 valence electrons. The van der Waals surface area contributed by atoms with Crippen LogP contribution < -0.4 is 0 Å². The van der Waals surface area contributed by atoms with E-state index in [1.54, 1.807) is 4.68 Å². The Morgan fingerprint density at radius 1 is 1.58 bits per heavy atom. The summed E-state index contributed by atoms with van der Waals surface area (Å²) >= 11 is 0. The summed E-state index contributed by atoms with van der Waals surface area (Å²) in [7, 11) is 1.91. The molecular weight excluding hydrogens is 242 g/mol. The molecule has 5 nitrogen and oxygen atoms in total. The first-order valence-corrected chi connectivity index (χ1v) is 6.83. The predicted octanol–water partition coefficient (Wildman–Crippen LogP) is 1.74. The van der Waals surface area contributed by atoms with Crippen molar-refractivity contribution in [3.63, 3.8) is 0 Å². The van der Waals surface area contributed by atoms with Crippen molar-refractivity contribution in [3.8, 4) is 0 Å². The van der Waals surface area contributed by atoms with Gasteiger partial charge in [-0.25, -0.2) is 0 Å². The minimum Gasteiger partial charge on any atom is -0.481 e. The maximum absolute atomic E-state index is 11.4. The van der Waals surface area contributed by atoms with Gasteiger partial charge < -0.3 is 5.11 Å². The standard InChI is InChI=1S/C14H23N3O2/c1-14(2,13(18)19)12-5-4-6-17(10-12)9-11-7-15-16(3)8-11/h7-8,12H,4-6,9-10H2,1-3H3,(H,18,19). The molecule has 0 bridgehead atoms. The van der Waals surface area contributed by atoms with Crippen LogP contribution in [0.25, 0.3) is 0 Å². The molecule has 5 heteroatoms. The first-order valence-electron chi connectivity index (χ1n) is 6.83. The fourth-order valence-electron chi connectivity index (χ4n) is 2.77. The zero-order valence-corrected chi connectivity index (χ0v) is 12.0. The van der Waals surface area contributed by atoms with E-state index in [1.807, 2.05) is 33.3 Å². The predicted molar refractivity (Wildman–Crippen MR) is 72.6 cm³/mol. The SMILES string of the molecule is Cn1cc(CN2CCCC(C(C)(C)C(=O)O)C2)cn1. The Bertz CT molecular complexity index is 453. The van der Waals surface area contributed by atoms with E-state index in [0.717, 1.165) is 32.5 Å². The molecule has 2 rings (SSSR count). The van der Waals surface area contributed by atoms with Crippen LogP contribution in [0.1, 0.15) is 32.3 Å². The Kier molecular flexibility index (Phi) is 3.94. The van der Waals surface area contributed by atoms with Crippen molar-refractivity contribution in [2.75, 3.05) is 13.1 Å². The molecule has 1 fully saturated rings. The van der Waals surface area contributed by atoms with Gasteiger partial charge in [0, 0.05) is 31.9 Å². The third-order valence-corrected chi connectivity index (χ3v) is 4.24. The maximum atomic E-state index is 11.4. The molecule has 1 saturated heterocycles. The summed E-state index contributed by atoms with van der Waals surface area (Å²) in [6.07, 6.45) is 5.97. The summed E-state index contributed by atoms with van der Waals surface area (Å²) in [5, 5.41) is 13.5. The number of nitrogens with zero attached hydrogens (tertiary/aromatic N) is 3. The quantitative estimate of drug-likeness (QED) is 0.901. The zero-order valence-electron chi connectivity index (χ0n) is 12.0. The molecule has 0 spiro atoms. The van der Waals surface area contributed by atoms with Crippen molar-refractivity contribution in [3.05, 3.63) is 18.0 Å². The van der Waals surface area contributed by atoms with Crippen molar-refractivity contribution >= 4 is 5.97 Å². The molecule has 0 radical (unpaired) electrons. The van der Waals surface area contributed by atoms with Crippen LogP contribution >= 0.6 is 0 Å². The van der Waals surface area contributed by atoms with E-state index < -0.39 is 11.4 Å². The van der Waals surface area contributed by atoms with Crippen molar-refractivity contribution in [1.82, 2.24) is 14.7 Å². The van der Waals surface area contributed by atoms with E-state index >= 15 is 0 Å². The summed E-state index contributed by atoms with van der Waals surface area (Å²) in [5.41, 5.74) is 0.546. The van der Waals surface area contributed by atoms with E-state index in [0.29, 0.717) is 0 Å². The molecule has 0 amide bonds. The van der Waals surface area contributed by atoms with Gasteiger partial charge in [-0.15, -0.1) is 0 Å². The molecule has 1 aliphatic heterocycles. The Morgan fingerprint density at radius 2 is 2.32 bits per heavy atom. The molecule has 1 aromatic heterocycles. The summed E-state index contributed by atoms with van der Waals surface area (Å²) in [5.74, 6) is -0.476. The lowest BCUT2D eigenvalue weighted by Gasteiger charge is -2.39. The number of piperidine rings is 1. The fraction of sp³-hybridized carbons (Fsp3) is 0.714. The first kappa shape index (κ1) is 14.1. The fourth-order valence-corrected chi connectivity index (χ4v) is 2.77. The highest BCUT2D eigenvalue weighted by atomic mass is 16.4. The minimum atomic E-state index is -0.694. The van der Waals surface area contributed by atoms with Crippen LogP contribution in [0.3, 0.4) is 0 Å². The monoisotopic (exact) mass is 265 g/mol. The van der Waals surface area contributed by atoms with Crippen LogP contribution in [0.5, 0.6) is 0 Å². The van der Waals surface area contributed by atoms with Gasteiger partial charge in [0.25, 0.3) is 0 Å². The van der Waals surface area contributed by atoms with Gasteiger partial charge in [0.05, 0.1) is 11.6 Å². The normalized spacial score (nSPS) is 21.5. The average Bonchev–Trinajstić information content (AvgIpc) is 2.75. The van der Waals surface area contributed by atoms with Crippen LogP contribution in [0.4, 0.5) is 0 Å². The van der Waals surface area contributed by atoms with Gasteiger partial charge in [-0.2, -0.15) is 5.10 Å². The van der Waals surface area contributed by atoms with E-state index in [4.69, 9.17) is 0 Å². The van der Waals surface area contributed by atoms with Crippen molar-refractivity contribution in [2.45, 2.75) is 33.2 Å². The van der Waals surface area contributed by atoms with E-state index in [-0.39, 0.29) is 5.92 Å². The van der Waals surface area contributed by atoms with E-state index in [2.05, 4.69) is 10.00 Å². The lowest BCUT2D eigenvalue weighted by atomic mass is 9.74. The van der Waals surface area contributed by atoms with E-state index in [1.165, 1.54) is 5.56 Å². The Morgan fingerprint density at radius 3 is 2.89 bits per heavy atom. The molecule has 1 aliphatic rings. The molecular formula is C14H23N3O2. The minimum absolute atomic E-state index is 0.218. The summed E-state index contributed by atoms with van der Waals surface area (Å²) in [4.78, 5) is 13.7. The van der Waals surface area contributed by atoms with Crippen LogP contribution in [0.15, 0.2) is 12.4 Å². The summed E-state index contributed by atoms with van der Waals surface area (Å²) in [6, 6.07) is 0. The number of carbonyl (C=O) groups is 1. The number of carboxylic acid groups (broad SMARTS) is 1. The molecule has 19 heavy (non-hydrogen) atoms. The number of carboxylic acids is 1. The number of likely N-dealkylation sites (tertiary alicyclic amines) is 1. The summed E-state index contributed by atoms with van der Waals surface area (Å²) in [6.45, 7) is 6.44. The average molecular weight is 265 g/mol. The van der Waals surface area contributed by atoms with Gasteiger partial charge in [-0.1, -0.05) is 0 Å². The highest BCUT2D eigenvalue weighted by Crippen LogP contribution is 2.34. The molecule has 1 atom stereocenters. The van der Waals surface area contributed by atoms with Crippen molar-refractivity contribution in [1.29, 1.82) is 0 Å². The number of hydrogen-bond acceptors (Lipinski definition) is 3. The van der Waals surface area contributed by atoms with Gasteiger partial charge >= 0.3 is 5.97 Å². The molecule has 1 aromatic rings. The number of aliphatic carboxylic acids is 1. The number of aryl methyl sites for hydroxylation is 1. The van der Waals surface area contributed by atoms with Gasteiger partial charge in [-0.05, 0) is 39.2 Å². The molecule has 0 aliphatic carbocycles. The molecule has 0 aromatic carbocycles. The van der Waals surface area contributed by atoms with Crippen LogP contribution in [-0.4, -0.2) is 38.8 Å². The number of aromatic nitrogens is 2. The lowest BCUT2D eigenvalue weighted by molar-refractivity contribution is -0.151. The highest BCUT2D eigenvalue weighted by Gasteiger charge is 2.38. The van der Waals surface area contributed by atoms with Gasteiger partial charge in [0.1, 0.15) is 0 Å². The van der Waals surface area contributed by atoms with Gasteiger partial charge in [0.2, 0.25) is 0 Å². The van der Waals surface area contributed by atoms with Gasteiger partial charge in [-0.3, -0.25) is 14.4 Å². The van der Waals surface area contributed by atoms with Crippen molar-refractivity contribution in [2.24, 2.45) is 18.4 Å². The Hall–Kier alpha value is -1.36. The lowest BCUT2D eigenvalue weighted by Crippen LogP contribution is -2.44. The van der Waals surface area contributed by atoms with Crippen molar-refractivity contribution < 1.29 is 9.90 Å². The smallest absolute Gasteiger partial charge is 0.309 e. The number of hydrogen-bond donors (Lipinski definition) is 1. The van der Waals surface area contributed by atoms with Gasteiger partial charge in [0.15, 0.2) is 0 Å². The second-order valence-corrected chi connectivity index (χ2v) is 6.12. The second-order valence-electron chi connectivity index (χ2n) is 6.12. The zero-order chi connectivity index (χ0) is 14.0. The second kappa shape index (κ2) is 5.33. The highest BCUT2D eigenvalue weighted by molar-refractivity contribution is 5.74. The van der Waals surface area contributed by atoms with Crippen LogP contribution in [0, 0.1) is 11.3 Å². The maximum Gasteiger partial charge on any atom is 0.309 e. The first-order chi connectivity index (χ1) is 8.89. The Balaban J connectivity index is 1.99. The Labute approximate surface area is 114 Å². The van der Waals surface area contributed by atoms with E-state index in [9.17, 15) is 9.90 Å². The molecule has 2 heterocycles. The van der Waals surface area contributed by atoms with Crippen LogP contribution in [-0.2, 0) is 18.4 Å². The largest absolute Gasteiger partial charge is 0.481 e. The molecule has 0 saturated carbocycles.